The lowest BCUT2D eigenvalue weighted by molar-refractivity contribution is 0.349. The van der Waals surface area contributed by atoms with E-state index in [-0.39, 0.29) is 23.7 Å². The van der Waals surface area contributed by atoms with Crippen molar-refractivity contribution < 1.29 is 13.2 Å². The number of rotatable bonds is 5. The van der Waals surface area contributed by atoms with Crippen LogP contribution in [0.25, 0.3) is 5.57 Å². The number of aromatic nitrogens is 1. The third-order valence-electron chi connectivity index (χ3n) is 5.00. The maximum absolute atomic E-state index is 15.1. The molecule has 144 valence electrons. The molecule has 4 nitrogen and oxygen atoms in total. The predicted molar refractivity (Wildman–Crippen MR) is 109 cm³/mol. The minimum Gasteiger partial charge on any atom is -0.369 e. The van der Waals surface area contributed by atoms with Gasteiger partial charge in [0.25, 0.3) is 0 Å². The van der Waals surface area contributed by atoms with Crippen molar-refractivity contribution in [3.63, 3.8) is 0 Å². The van der Waals surface area contributed by atoms with Crippen molar-refractivity contribution in [2.75, 3.05) is 29.7 Å². The summed E-state index contributed by atoms with van der Waals surface area (Å²) in [4.78, 5) is 4.21. The van der Waals surface area contributed by atoms with E-state index in [4.69, 9.17) is 7.85 Å². The SMILES string of the molecule is [B]c1cnc2c(c1)C(C(=C)c1c(F)ccc(NSN3CCC(F)C3)c1F)CN2. The maximum Gasteiger partial charge on any atom is 0.157 e. The zero-order valence-corrected chi connectivity index (χ0v) is 15.8. The highest BCUT2D eigenvalue weighted by Crippen LogP contribution is 2.41. The minimum atomic E-state index is -0.876. The summed E-state index contributed by atoms with van der Waals surface area (Å²) >= 11 is 1.12. The Morgan fingerprint density at radius 1 is 1.39 bits per heavy atom. The molecule has 2 aromatic rings. The lowest BCUT2D eigenvalue weighted by Gasteiger charge is -2.19. The van der Waals surface area contributed by atoms with Crippen LogP contribution in [-0.2, 0) is 0 Å². The molecule has 1 saturated heterocycles. The topological polar surface area (TPSA) is 40.2 Å². The Bertz CT molecular complexity index is 926. The fraction of sp³-hybridized carbons (Fsp3) is 0.316. The monoisotopic (exact) mass is 402 g/mol. The van der Waals surface area contributed by atoms with Crippen LogP contribution in [-0.4, -0.2) is 42.9 Å². The molecule has 2 aliphatic rings. The molecule has 0 saturated carbocycles. The van der Waals surface area contributed by atoms with E-state index in [0.29, 0.717) is 36.4 Å². The highest BCUT2D eigenvalue weighted by Gasteiger charge is 2.30. The smallest absolute Gasteiger partial charge is 0.157 e. The Morgan fingerprint density at radius 2 is 2.21 bits per heavy atom. The van der Waals surface area contributed by atoms with Crippen molar-refractivity contribution in [3.8, 4) is 0 Å². The van der Waals surface area contributed by atoms with Crippen LogP contribution in [0.4, 0.5) is 24.7 Å². The van der Waals surface area contributed by atoms with Gasteiger partial charge in [-0.3, -0.25) is 0 Å². The lowest BCUT2D eigenvalue weighted by Crippen LogP contribution is -2.15. The minimum absolute atomic E-state index is 0.127. The molecule has 2 unspecified atom stereocenters. The summed E-state index contributed by atoms with van der Waals surface area (Å²) in [6.45, 7) is 5.24. The number of hydrogen-bond acceptors (Lipinski definition) is 5. The van der Waals surface area contributed by atoms with Gasteiger partial charge in [0.15, 0.2) is 5.82 Å². The number of alkyl halides is 1. The predicted octanol–water partition coefficient (Wildman–Crippen LogP) is 3.40. The van der Waals surface area contributed by atoms with Gasteiger partial charge in [-0.1, -0.05) is 18.1 Å². The van der Waals surface area contributed by atoms with E-state index in [9.17, 15) is 8.78 Å². The van der Waals surface area contributed by atoms with Gasteiger partial charge in [0.05, 0.1) is 11.3 Å². The Kier molecular flexibility index (Phi) is 5.29. The number of hydrogen-bond donors (Lipinski definition) is 2. The normalized spacial score (nSPS) is 21.4. The Balaban J connectivity index is 1.58. The van der Waals surface area contributed by atoms with Crippen molar-refractivity contribution in [3.05, 3.63) is 53.7 Å². The van der Waals surface area contributed by atoms with Gasteiger partial charge in [-0.05, 0) is 24.1 Å². The van der Waals surface area contributed by atoms with E-state index in [1.807, 2.05) is 0 Å². The summed E-state index contributed by atoms with van der Waals surface area (Å²) in [5, 5.41) is 3.11. The first-order chi connectivity index (χ1) is 13.4. The number of pyridine rings is 1. The van der Waals surface area contributed by atoms with Crippen molar-refractivity contribution in [2.45, 2.75) is 18.5 Å². The largest absolute Gasteiger partial charge is 0.369 e. The van der Waals surface area contributed by atoms with Crippen LogP contribution >= 0.6 is 12.1 Å². The van der Waals surface area contributed by atoms with Crippen LogP contribution in [0.3, 0.4) is 0 Å². The molecule has 9 heteroatoms. The van der Waals surface area contributed by atoms with Crippen LogP contribution in [0.1, 0.15) is 23.5 Å². The first-order valence-corrected chi connectivity index (χ1v) is 9.70. The summed E-state index contributed by atoms with van der Waals surface area (Å²) in [5.74, 6) is -1.11. The number of anilines is 2. The number of nitrogens with zero attached hydrogens (tertiary/aromatic N) is 2. The molecule has 4 rings (SSSR count). The van der Waals surface area contributed by atoms with Crippen LogP contribution in [0.5, 0.6) is 0 Å². The standard InChI is InChI=1S/C19H18BF3N4S/c1-10(14-8-25-19-13(14)6-11(20)7-24-19)17-15(22)2-3-16(18(17)23)26-28-27-5-4-12(21)9-27/h2-3,6-7,12,14,26H,1,4-5,8-9H2,(H,24,25). The van der Waals surface area contributed by atoms with Gasteiger partial charge in [0.2, 0.25) is 0 Å². The molecule has 2 radical (unpaired) electrons. The van der Waals surface area contributed by atoms with Gasteiger partial charge in [-0.2, -0.15) is 0 Å². The van der Waals surface area contributed by atoms with E-state index >= 15 is 4.39 Å². The lowest BCUT2D eigenvalue weighted by atomic mass is 9.86. The second kappa shape index (κ2) is 7.71. The number of benzene rings is 1. The molecule has 3 heterocycles. The number of nitrogens with one attached hydrogen (secondary N) is 2. The van der Waals surface area contributed by atoms with Gasteiger partial charge in [-0.15, -0.1) is 0 Å². The third kappa shape index (κ3) is 3.60. The van der Waals surface area contributed by atoms with Crippen LogP contribution < -0.4 is 15.5 Å². The van der Waals surface area contributed by atoms with E-state index in [1.165, 1.54) is 18.3 Å². The summed E-state index contributed by atoms with van der Waals surface area (Å²) < 4.78 is 47.6. The Morgan fingerprint density at radius 3 is 2.96 bits per heavy atom. The second-order valence-electron chi connectivity index (χ2n) is 6.92. The van der Waals surface area contributed by atoms with Crippen LogP contribution in [0.2, 0.25) is 0 Å². The van der Waals surface area contributed by atoms with Gasteiger partial charge < -0.3 is 10.0 Å². The second-order valence-corrected chi connectivity index (χ2v) is 7.82. The molecule has 0 aliphatic carbocycles. The highest BCUT2D eigenvalue weighted by molar-refractivity contribution is 7.98. The molecule has 1 aromatic carbocycles. The zero-order valence-electron chi connectivity index (χ0n) is 15.0. The quantitative estimate of drug-likeness (QED) is 0.593. The molecule has 2 atom stereocenters. The summed E-state index contributed by atoms with van der Waals surface area (Å²) in [5.41, 5.74) is 1.51. The average molecular weight is 402 g/mol. The number of halogens is 3. The third-order valence-corrected chi connectivity index (χ3v) is 5.90. The molecule has 0 bridgehead atoms. The molecule has 0 spiro atoms. The van der Waals surface area contributed by atoms with Crippen LogP contribution in [0.15, 0.2) is 31.0 Å². The maximum atomic E-state index is 15.1. The molecular formula is C19H18BF3N4S. The molecular weight excluding hydrogens is 384 g/mol. The summed E-state index contributed by atoms with van der Waals surface area (Å²) in [7, 11) is 5.81. The molecule has 0 amide bonds. The molecule has 2 aliphatic heterocycles. The molecule has 28 heavy (non-hydrogen) atoms. The van der Waals surface area contributed by atoms with Gasteiger partial charge in [0.1, 0.15) is 25.7 Å². The van der Waals surface area contributed by atoms with Crippen molar-refractivity contribution >= 4 is 42.5 Å². The van der Waals surface area contributed by atoms with Crippen molar-refractivity contribution in [1.82, 2.24) is 9.29 Å². The molecule has 1 fully saturated rings. The molecule has 1 aromatic heterocycles. The van der Waals surface area contributed by atoms with E-state index in [1.54, 1.807) is 10.4 Å². The summed E-state index contributed by atoms with van der Waals surface area (Å²) in [6, 6.07) is 4.28. The van der Waals surface area contributed by atoms with Crippen molar-refractivity contribution in [2.24, 2.45) is 0 Å². The first-order valence-electron chi connectivity index (χ1n) is 8.92. The number of fused-ring (bicyclic) bond motifs is 1. The highest BCUT2D eigenvalue weighted by atomic mass is 32.2. The van der Waals surface area contributed by atoms with Crippen LogP contribution in [0, 0.1) is 11.6 Å². The average Bonchev–Trinajstić information content (AvgIpc) is 3.26. The van der Waals surface area contributed by atoms with Crippen molar-refractivity contribution in [1.29, 1.82) is 0 Å². The Labute approximate surface area is 167 Å². The fourth-order valence-electron chi connectivity index (χ4n) is 3.52. The van der Waals surface area contributed by atoms with E-state index in [2.05, 4.69) is 21.6 Å². The van der Waals surface area contributed by atoms with E-state index in [0.717, 1.165) is 17.7 Å². The van der Waals surface area contributed by atoms with Gasteiger partial charge in [-0.25, -0.2) is 22.5 Å². The zero-order chi connectivity index (χ0) is 19.8. The fourth-order valence-corrected chi connectivity index (χ4v) is 4.33. The Hall–Kier alpha value is -2.13. The van der Waals surface area contributed by atoms with Gasteiger partial charge >= 0.3 is 0 Å². The first kappa shape index (κ1) is 19.2. The summed E-state index contributed by atoms with van der Waals surface area (Å²) in [6.07, 6.45) is 1.10. The van der Waals surface area contributed by atoms with Gasteiger partial charge in [0, 0.05) is 49.4 Å². The van der Waals surface area contributed by atoms with E-state index < -0.39 is 17.8 Å². The molecule has 2 N–H and O–H groups in total.